The van der Waals surface area contributed by atoms with E-state index in [0.717, 1.165) is 38.9 Å². The van der Waals surface area contributed by atoms with Crippen molar-refractivity contribution in [2.24, 2.45) is 0 Å². The molecule has 1 aromatic carbocycles. The number of ether oxygens (including phenoxy) is 1. The molecule has 1 heterocycles. The second kappa shape index (κ2) is 5.97. The largest absolute Gasteiger partial charge is 0.397 e. The van der Waals surface area contributed by atoms with Crippen molar-refractivity contribution < 1.29 is 13.5 Å². The van der Waals surface area contributed by atoms with Gasteiger partial charge in [-0.1, -0.05) is 0 Å². The van der Waals surface area contributed by atoms with Gasteiger partial charge < -0.3 is 15.8 Å². The summed E-state index contributed by atoms with van der Waals surface area (Å²) in [6.07, 6.45) is 0. The zero-order valence-corrected chi connectivity index (χ0v) is 10.1. The van der Waals surface area contributed by atoms with Crippen LogP contribution in [0.2, 0.25) is 0 Å². The lowest BCUT2D eigenvalue weighted by atomic mass is 10.2. The van der Waals surface area contributed by atoms with Crippen molar-refractivity contribution in [3.05, 3.63) is 23.8 Å². The molecule has 100 valence electrons. The first-order valence-corrected chi connectivity index (χ1v) is 5.96. The maximum Gasteiger partial charge on any atom is 0.183 e. The fourth-order valence-electron chi connectivity index (χ4n) is 1.91. The molecule has 1 saturated heterocycles. The van der Waals surface area contributed by atoms with E-state index in [0.29, 0.717) is 6.54 Å². The number of anilines is 2. The molecular weight excluding hydrogens is 240 g/mol. The number of benzene rings is 1. The minimum atomic E-state index is -0.919. The van der Waals surface area contributed by atoms with Gasteiger partial charge in [-0.3, -0.25) is 4.90 Å². The van der Waals surface area contributed by atoms with Gasteiger partial charge in [0.05, 0.1) is 24.6 Å². The van der Waals surface area contributed by atoms with Crippen LogP contribution in [-0.2, 0) is 4.74 Å². The molecule has 4 nitrogen and oxygen atoms in total. The first-order valence-electron chi connectivity index (χ1n) is 5.96. The Balaban J connectivity index is 1.88. The fourth-order valence-corrected chi connectivity index (χ4v) is 1.91. The zero-order chi connectivity index (χ0) is 13.0. The summed E-state index contributed by atoms with van der Waals surface area (Å²) < 4.78 is 31.7. The number of morpholine rings is 1. The molecule has 18 heavy (non-hydrogen) atoms. The Hall–Kier alpha value is -1.40. The summed E-state index contributed by atoms with van der Waals surface area (Å²) in [5.74, 6) is -1.81. The molecule has 1 aromatic rings. The van der Waals surface area contributed by atoms with Crippen molar-refractivity contribution in [3.8, 4) is 0 Å². The molecule has 6 heteroatoms. The van der Waals surface area contributed by atoms with Gasteiger partial charge in [0.1, 0.15) is 0 Å². The van der Waals surface area contributed by atoms with E-state index >= 15 is 0 Å². The standard InChI is InChI=1S/C12H17F2N3O/c13-9-1-2-10(15)12(11(9)14)16-3-4-17-5-7-18-8-6-17/h1-2,16H,3-8,15H2. The maximum absolute atomic E-state index is 13.5. The molecule has 0 spiro atoms. The molecule has 0 aliphatic carbocycles. The summed E-state index contributed by atoms with van der Waals surface area (Å²) in [6, 6.07) is 2.38. The highest BCUT2D eigenvalue weighted by molar-refractivity contribution is 5.66. The lowest BCUT2D eigenvalue weighted by Crippen LogP contribution is -2.39. The van der Waals surface area contributed by atoms with E-state index in [1.54, 1.807) is 0 Å². The number of hydrogen-bond acceptors (Lipinski definition) is 4. The van der Waals surface area contributed by atoms with Crippen molar-refractivity contribution in [2.75, 3.05) is 50.4 Å². The molecule has 0 saturated carbocycles. The summed E-state index contributed by atoms with van der Waals surface area (Å²) in [6.45, 7) is 4.43. The lowest BCUT2D eigenvalue weighted by Gasteiger charge is -2.26. The van der Waals surface area contributed by atoms with Crippen molar-refractivity contribution in [3.63, 3.8) is 0 Å². The Morgan fingerprint density at radius 1 is 1.28 bits per heavy atom. The van der Waals surface area contributed by atoms with E-state index in [1.807, 2.05) is 0 Å². The summed E-state index contributed by atoms with van der Waals surface area (Å²) in [4.78, 5) is 2.20. The number of nitrogens with zero attached hydrogens (tertiary/aromatic N) is 1. The van der Waals surface area contributed by atoms with Crippen LogP contribution in [0, 0.1) is 11.6 Å². The van der Waals surface area contributed by atoms with Crippen LogP contribution in [0.25, 0.3) is 0 Å². The third-order valence-corrected chi connectivity index (χ3v) is 2.96. The Kier molecular flexibility index (Phi) is 4.33. The molecule has 0 radical (unpaired) electrons. The summed E-state index contributed by atoms with van der Waals surface area (Å²) in [7, 11) is 0. The first kappa shape index (κ1) is 13.0. The Morgan fingerprint density at radius 3 is 2.72 bits per heavy atom. The number of nitrogens with two attached hydrogens (primary N) is 1. The predicted octanol–water partition coefficient (Wildman–Crippen LogP) is 1.29. The normalized spacial score (nSPS) is 16.8. The second-order valence-corrected chi connectivity index (χ2v) is 4.21. The minimum absolute atomic E-state index is 0.0447. The van der Waals surface area contributed by atoms with Crippen molar-refractivity contribution >= 4 is 11.4 Å². The molecule has 0 atom stereocenters. The van der Waals surface area contributed by atoms with E-state index < -0.39 is 11.6 Å². The van der Waals surface area contributed by atoms with E-state index in [9.17, 15) is 8.78 Å². The SMILES string of the molecule is Nc1ccc(F)c(F)c1NCCN1CCOCC1. The maximum atomic E-state index is 13.5. The van der Waals surface area contributed by atoms with Gasteiger partial charge in [-0.15, -0.1) is 0 Å². The van der Waals surface area contributed by atoms with Gasteiger partial charge in [-0.2, -0.15) is 0 Å². The Morgan fingerprint density at radius 2 is 2.00 bits per heavy atom. The molecule has 1 aliphatic heterocycles. The highest BCUT2D eigenvalue weighted by Crippen LogP contribution is 2.24. The fraction of sp³-hybridized carbons (Fsp3) is 0.500. The molecule has 1 aliphatic rings. The van der Waals surface area contributed by atoms with Crippen LogP contribution in [0.1, 0.15) is 0 Å². The number of rotatable bonds is 4. The van der Waals surface area contributed by atoms with Crippen LogP contribution in [0.4, 0.5) is 20.2 Å². The van der Waals surface area contributed by atoms with Crippen LogP contribution in [-0.4, -0.2) is 44.3 Å². The molecule has 0 bridgehead atoms. The van der Waals surface area contributed by atoms with Crippen molar-refractivity contribution in [2.45, 2.75) is 0 Å². The number of nitrogen functional groups attached to an aromatic ring is 1. The number of halogens is 2. The summed E-state index contributed by atoms with van der Waals surface area (Å²) in [5, 5.41) is 2.85. The lowest BCUT2D eigenvalue weighted by molar-refractivity contribution is 0.0398. The topological polar surface area (TPSA) is 50.5 Å². The van der Waals surface area contributed by atoms with Crippen molar-refractivity contribution in [1.29, 1.82) is 0 Å². The van der Waals surface area contributed by atoms with Gasteiger partial charge in [-0.25, -0.2) is 8.78 Å². The van der Waals surface area contributed by atoms with Gasteiger partial charge >= 0.3 is 0 Å². The molecule has 1 fully saturated rings. The summed E-state index contributed by atoms with van der Waals surface area (Å²) in [5.41, 5.74) is 5.87. The Labute approximate surface area is 105 Å². The van der Waals surface area contributed by atoms with Crippen LogP contribution in [0.5, 0.6) is 0 Å². The van der Waals surface area contributed by atoms with Crippen LogP contribution < -0.4 is 11.1 Å². The number of hydrogen-bond donors (Lipinski definition) is 2. The monoisotopic (exact) mass is 257 g/mol. The predicted molar refractivity (Wildman–Crippen MR) is 66.5 cm³/mol. The van der Waals surface area contributed by atoms with Gasteiger partial charge in [0.25, 0.3) is 0 Å². The smallest absolute Gasteiger partial charge is 0.183 e. The van der Waals surface area contributed by atoms with Crippen molar-refractivity contribution in [1.82, 2.24) is 4.90 Å². The minimum Gasteiger partial charge on any atom is -0.397 e. The first-order chi connectivity index (χ1) is 8.68. The average molecular weight is 257 g/mol. The highest BCUT2D eigenvalue weighted by Gasteiger charge is 2.13. The average Bonchev–Trinajstić information content (AvgIpc) is 2.39. The summed E-state index contributed by atoms with van der Waals surface area (Å²) >= 11 is 0. The molecule has 0 amide bonds. The van der Waals surface area contributed by atoms with Crippen LogP contribution >= 0.6 is 0 Å². The quantitative estimate of drug-likeness (QED) is 0.798. The molecule has 3 N–H and O–H groups in total. The van der Waals surface area contributed by atoms with E-state index in [2.05, 4.69) is 10.2 Å². The highest BCUT2D eigenvalue weighted by atomic mass is 19.2. The van der Waals surface area contributed by atoms with Crippen LogP contribution in [0.15, 0.2) is 12.1 Å². The molecule has 0 aromatic heterocycles. The van der Waals surface area contributed by atoms with Gasteiger partial charge in [0.15, 0.2) is 11.6 Å². The zero-order valence-electron chi connectivity index (χ0n) is 10.1. The molecular formula is C12H17F2N3O. The molecule has 0 unspecified atom stereocenters. The van der Waals surface area contributed by atoms with Gasteiger partial charge in [0.2, 0.25) is 0 Å². The third kappa shape index (κ3) is 3.08. The van der Waals surface area contributed by atoms with Gasteiger partial charge in [0, 0.05) is 26.2 Å². The third-order valence-electron chi connectivity index (χ3n) is 2.96. The van der Waals surface area contributed by atoms with E-state index in [4.69, 9.17) is 10.5 Å². The van der Waals surface area contributed by atoms with E-state index in [-0.39, 0.29) is 11.4 Å². The Bertz CT molecular complexity index is 409. The second-order valence-electron chi connectivity index (χ2n) is 4.21. The van der Waals surface area contributed by atoms with Gasteiger partial charge in [-0.05, 0) is 12.1 Å². The number of nitrogens with one attached hydrogen (secondary N) is 1. The van der Waals surface area contributed by atoms with E-state index in [1.165, 1.54) is 6.07 Å². The molecule has 2 rings (SSSR count). The van der Waals surface area contributed by atoms with Crippen LogP contribution in [0.3, 0.4) is 0 Å².